The number of piperazine rings is 1. The second-order valence-corrected chi connectivity index (χ2v) is 9.54. The number of nitrogens with zero attached hydrogens (tertiary/aromatic N) is 6. The zero-order chi connectivity index (χ0) is 22.1. The van der Waals surface area contributed by atoms with Crippen molar-refractivity contribution in [1.82, 2.24) is 25.1 Å². The average molecular weight is 431 g/mol. The van der Waals surface area contributed by atoms with Gasteiger partial charge in [0.1, 0.15) is 0 Å². The van der Waals surface area contributed by atoms with Gasteiger partial charge in [-0.3, -0.25) is 4.90 Å². The first kappa shape index (κ1) is 21.1. The Labute approximate surface area is 191 Å². The van der Waals surface area contributed by atoms with E-state index in [0.29, 0.717) is 5.92 Å². The standard InChI is InChI=1S/C26H34N6/c1-20-10-9-11-21(2)24(20)32-25(27-28-29-32)26(15-8-7-12-22(26)3)31-18-16-30(17-19-31)23-13-5-4-6-14-23/h4-6,9-11,13-14,22H,7-8,12,15-19H2,1-3H3. The van der Waals surface area contributed by atoms with Crippen LogP contribution in [0.2, 0.25) is 0 Å². The molecule has 0 N–H and O–H groups in total. The first-order valence-electron chi connectivity index (χ1n) is 12.0. The van der Waals surface area contributed by atoms with Crippen LogP contribution in [0.5, 0.6) is 0 Å². The van der Waals surface area contributed by atoms with Gasteiger partial charge in [-0.1, -0.05) is 56.2 Å². The minimum atomic E-state index is -0.126. The highest BCUT2D eigenvalue weighted by molar-refractivity contribution is 5.48. The summed E-state index contributed by atoms with van der Waals surface area (Å²) in [5.41, 5.74) is 4.75. The number of aromatic nitrogens is 4. The van der Waals surface area contributed by atoms with E-state index in [-0.39, 0.29) is 5.54 Å². The van der Waals surface area contributed by atoms with Gasteiger partial charge in [0.25, 0.3) is 0 Å². The average Bonchev–Trinajstić information content (AvgIpc) is 3.30. The van der Waals surface area contributed by atoms with E-state index >= 15 is 0 Å². The third-order valence-electron chi connectivity index (χ3n) is 7.73. The van der Waals surface area contributed by atoms with Crippen LogP contribution in [0.25, 0.3) is 5.69 Å². The summed E-state index contributed by atoms with van der Waals surface area (Å²) in [4.78, 5) is 5.21. The molecule has 6 heteroatoms. The lowest BCUT2D eigenvalue weighted by atomic mass is 9.71. The zero-order valence-electron chi connectivity index (χ0n) is 19.5. The number of aryl methyl sites for hydroxylation is 2. The molecular formula is C26H34N6. The molecule has 6 nitrogen and oxygen atoms in total. The fraction of sp³-hybridized carbons (Fsp3) is 0.500. The molecule has 2 aliphatic rings. The topological polar surface area (TPSA) is 50.1 Å². The van der Waals surface area contributed by atoms with Crippen molar-refractivity contribution >= 4 is 5.69 Å². The second kappa shape index (κ2) is 8.66. The first-order chi connectivity index (χ1) is 15.6. The molecule has 2 fully saturated rings. The van der Waals surface area contributed by atoms with Crippen LogP contribution in [0.15, 0.2) is 48.5 Å². The Kier molecular flexibility index (Phi) is 5.72. The Bertz CT molecular complexity index is 1030. The van der Waals surface area contributed by atoms with Gasteiger partial charge in [-0.25, -0.2) is 0 Å². The van der Waals surface area contributed by atoms with Gasteiger partial charge in [-0.2, -0.15) is 4.68 Å². The van der Waals surface area contributed by atoms with Gasteiger partial charge in [-0.05, 0) is 66.3 Å². The van der Waals surface area contributed by atoms with E-state index in [0.717, 1.165) is 44.1 Å². The lowest BCUT2D eigenvalue weighted by Gasteiger charge is -2.52. The van der Waals surface area contributed by atoms with Crippen LogP contribution in [0.4, 0.5) is 5.69 Å². The molecule has 0 radical (unpaired) electrons. The molecule has 2 atom stereocenters. The molecule has 2 heterocycles. The first-order valence-corrected chi connectivity index (χ1v) is 12.0. The minimum Gasteiger partial charge on any atom is -0.369 e. The van der Waals surface area contributed by atoms with E-state index in [9.17, 15) is 0 Å². The molecule has 5 rings (SSSR count). The summed E-state index contributed by atoms with van der Waals surface area (Å²) in [6.45, 7) is 10.8. The van der Waals surface area contributed by atoms with Crippen molar-refractivity contribution in [3.63, 3.8) is 0 Å². The fourth-order valence-electron chi connectivity index (χ4n) is 6.02. The molecule has 1 aliphatic heterocycles. The monoisotopic (exact) mass is 430 g/mol. The summed E-state index contributed by atoms with van der Waals surface area (Å²) in [5, 5.41) is 13.5. The van der Waals surface area contributed by atoms with Crippen molar-refractivity contribution in [2.45, 2.75) is 52.0 Å². The molecule has 0 amide bonds. The molecule has 1 aliphatic carbocycles. The summed E-state index contributed by atoms with van der Waals surface area (Å²) >= 11 is 0. The summed E-state index contributed by atoms with van der Waals surface area (Å²) in [6, 6.07) is 17.2. The van der Waals surface area contributed by atoms with Gasteiger partial charge in [0.2, 0.25) is 0 Å². The van der Waals surface area contributed by atoms with E-state index in [2.05, 4.69) is 94.2 Å². The summed E-state index contributed by atoms with van der Waals surface area (Å²) < 4.78 is 2.05. The minimum absolute atomic E-state index is 0.126. The fourth-order valence-corrected chi connectivity index (χ4v) is 6.02. The van der Waals surface area contributed by atoms with Gasteiger partial charge in [0, 0.05) is 31.9 Å². The van der Waals surface area contributed by atoms with Crippen molar-refractivity contribution in [1.29, 1.82) is 0 Å². The number of rotatable bonds is 4. The van der Waals surface area contributed by atoms with E-state index in [1.165, 1.54) is 36.1 Å². The predicted molar refractivity (Wildman–Crippen MR) is 128 cm³/mol. The maximum Gasteiger partial charge on any atom is 0.177 e. The van der Waals surface area contributed by atoms with Gasteiger partial charge < -0.3 is 4.90 Å². The molecule has 2 aromatic carbocycles. The van der Waals surface area contributed by atoms with E-state index in [1.54, 1.807) is 0 Å². The number of hydrogen-bond acceptors (Lipinski definition) is 5. The molecular weight excluding hydrogens is 396 g/mol. The van der Waals surface area contributed by atoms with Crippen LogP contribution < -0.4 is 4.90 Å². The summed E-state index contributed by atoms with van der Waals surface area (Å²) in [5.74, 6) is 1.53. The molecule has 2 unspecified atom stereocenters. The second-order valence-electron chi connectivity index (χ2n) is 9.54. The number of hydrogen-bond donors (Lipinski definition) is 0. The van der Waals surface area contributed by atoms with Crippen molar-refractivity contribution in [2.75, 3.05) is 31.1 Å². The Balaban J connectivity index is 1.52. The number of anilines is 1. The Morgan fingerprint density at radius 2 is 1.59 bits per heavy atom. The van der Waals surface area contributed by atoms with Crippen LogP contribution in [-0.4, -0.2) is 51.3 Å². The van der Waals surface area contributed by atoms with Crippen molar-refractivity contribution < 1.29 is 0 Å². The van der Waals surface area contributed by atoms with Gasteiger partial charge >= 0.3 is 0 Å². The normalized spacial score (nSPS) is 24.6. The number of benzene rings is 2. The predicted octanol–water partition coefficient (Wildman–Crippen LogP) is 4.51. The summed E-state index contributed by atoms with van der Waals surface area (Å²) in [7, 11) is 0. The SMILES string of the molecule is Cc1cccc(C)c1-n1nnnc1C1(N2CCN(c3ccccc3)CC2)CCCCC1C. The molecule has 0 spiro atoms. The van der Waals surface area contributed by atoms with Gasteiger partial charge in [0.05, 0.1) is 11.2 Å². The quantitative estimate of drug-likeness (QED) is 0.610. The van der Waals surface area contributed by atoms with Crippen LogP contribution in [0.1, 0.15) is 49.6 Å². The lowest BCUT2D eigenvalue weighted by molar-refractivity contribution is -0.0110. The maximum atomic E-state index is 4.72. The molecule has 1 saturated carbocycles. The van der Waals surface area contributed by atoms with Crippen molar-refractivity contribution in [3.05, 3.63) is 65.5 Å². The van der Waals surface area contributed by atoms with Crippen LogP contribution >= 0.6 is 0 Å². The van der Waals surface area contributed by atoms with Crippen LogP contribution in [-0.2, 0) is 5.54 Å². The highest BCUT2D eigenvalue weighted by Gasteiger charge is 2.49. The van der Waals surface area contributed by atoms with Gasteiger partial charge in [-0.15, -0.1) is 5.10 Å². The van der Waals surface area contributed by atoms with E-state index < -0.39 is 0 Å². The molecule has 32 heavy (non-hydrogen) atoms. The molecule has 168 valence electrons. The third kappa shape index (κ3) is 3.51. The van der Waals surface area contributed by atoms with Crippen LogP contribution in [0.3, 0.4) is 0 Å². The number of para-hydroxylation sites is 2. The number of tetrazole rings is 1. The van der Waals surface area contributed by atoms with E-state index in [1.807, 2.05) is 0 Å². The largest absolute Gasteiger partial charge is 0.369 e. The Morgan fingerprint density at radius 1 is 0.875 bits per heavy atom. The van der Waals surface area contributed by atoms with Gasteiger partial charge in [0.15, 0.2) is 5.82 Å². The maximum absolute atomic E-state index is 4.72. The molecule has 1 saturated heterocycles. The van der Waals surface area contributed by atoms with Crippen molar-refractivity contribution in [2.24, 2.45) is 5.92 Å². The third-order valence-corrected chi connectivity index (χ3v) is 7.73. The van der Waals surface area contributed by atoms with Crippen LogP contribution in [0, 0.1) is 19.8 Å². The highest BCUT2D eigenvalue weighted by Crippen LogP contribution is 2.46. The molecule has 3 aromatic rings. The molecule has 1 aromatic heterocycles. The summed E-state index contributed by atoms with van der Waals surface area (Å²) in [6.07, 6.45) is 4.85. The Hall–Kier alpha value is -2.73. The zero-order valence-corrected chi connectivity index (χ0v) is 19.5. The van der Waals surface area contributed by atoms with Crippen molar-refractivity contribution in [3.8, 4) is 5.69 Å². The molecule has 0 bridgehead atoms. The lowest BCUT2D eigenvalue weighted by Crippen LogP contribution is -2.60. The van der Waals surface area contributed by atoms with E-state index in [4.69, 9.17) is 5.10 Å². The smallest absolute Gasteiger partial charge is 0.177 e. The Morgan fingerprint density at radius 3 is 2.28 bits per heavy atom. The highest BCUT2D eigenvalue weighted by atomic mass is 15.6.